The van der Waals surface area contributed by atoms with E-state index in [0.29, 0.717) is 38.7 Å². The van der Waals surface area contributed by atoms with E-state index in [2.05, 4.69) is 29.2 Å². The first-order chi connectivity index (χ1) is 16.9. The Morgan fingerprint density at radius 1 is 1.11 bits per heavy atom. The maximum Gasteiger partial charge on any atom is 0.267 e. The van der Waals surface area contributed by atoms with Crippen molar-refractivity contribution in [1.29, 1.82) is 0 Å². The van der Waals surface area contributed by atoms with Crippen LogP contribution in [0.25, 0.3) is 11.7 Å². The molecule has 0 unspecified atom stereocenters. The van der Waals surface area contributed by atoms with Gasteiger partial charge >= 0.3 is 0 Å². The summed E-state index contributed by atoms with van der Waals surface area (Å²) in [6.45, 7) is 6.00. The first-order valence-electron chi connectivity index (χ1n) is 12.0. The molecule has 6 nitrogen and oxygen atoms in total. The molecule has 0 spiro atoms. The number of carbonyl (C=O) groups excluding carboxylic acids is 1. The summed E-state index contributed by atoms with van der Waals surface area (Å²) in [5.74, 6) is 1.10. The van der Waals surface area contributed by atoms with Gasteiger partial charge in [-0.2, -0.15) is 0 Å². The van der Waals surface area contributed by atoms with Crippen molar-refractivity contribution in [3.63, 3.8) is 0 Å². The highest BCUT2D eigenvalue weighted by Crippen LogP contribution is 2.34. The average molecular weight is 505 g/mol. The summed E-state index contributed by atoms with van der Waals surface area (Å²) in [5, 5.41) is 0. The molecule has 180 valence electrons. The molecule has 2 aliphatic rings. The SMILES string of the molecule is CCN1C(=O)/C(=C\c2c(N3CCC(Cc4ccccc4)CC3)nc3ccc(C)cn3c2=O)SC1=S. The van der Waals surface area contributed by atoms with Crippen LogP contribution in [-0.4, -0.2) is 44.1 Å². The molecule has 1 aromatic carbocycles. The first kappa shape index (κ1) is 23.8. The Labute approximate surface area is 214 Å². The molecule has 2 fully saturated rings. The molecular formula is C27H28N4O2S2. The summed E-state index contributed by atoms with van der Waals surface area (Å²) < 4.78 is 2.10. The lowest BCUT2D eigenvalue weighted by Gasteiger charge is -2.33. The van der Waals surface area contributed by atoms with Gasteiger partial charge in [-0.05, 0) is 62.3 Å². The Morgan fingerprint density at radius 2 is 1.86 bits per heavy atom. The average Bonchev–Trinajstić information content (AvgIpc) is 3.14. The smallest absolute Gasteiger partial charge is 0.267 e. The molecule has 0 saturated carbocycles. The molecule has 0 bridgehead atoms. The van der Waals surface area contributed by atoms with E-state index >= 15 is 0 Å². The van der Waals surface area contributed by atoms with Crippen LogP contribution in [0.1, 0.15) is 36.5 Å². The topological polar surface area (TPSA) is 57.9 Å². The largest absolute Gasteiger partial charge is 0.356 e. The molecule has 0 N–H and O–H groups in total. The lowest BCUT2D eigenvalue weighted by molar-refractivity contribution is -0.121. The molecule has 0 atom stereocenters. The zero-order chi connectivity index (χ0) is 24.5. The van der Waals surface area contributed by atoms with Gasteiger partial charge in [0.25, 0.3) is 11.5 Å². The van der Waals surface area contributed by atoms with E-state index < -0.39 is 0 Å². The highest BCUT2D eigenvalue weighted by atomic mass is 32.2. The van der Waals surface area contributed by atoms with Gasteiger partial charge in [0, 0.05) is 25.8 Å². The van der Waals surface area contributed by atoms with Gasteiger partial charge in [0.05, 0.1) is 10.5 Å². The van der Waals surface area contributed by atoms with Gasteiger partial charge in [-0.15, -0.1) is 0 Å². The number of anilines is 1. The quantitative estimate of drug-likeness (QED) is 0.371. The predicted molar refractivity (Wildman–Crippen MR) is 147 cm³/mol. The summed E-state index contributed by atoms with van der Waals surface area (Å²) >= 11 is 6.63. The number of aromatic nitrogens is 2. The van der Waals surface area contributed by atoms with Crippen molar-refractivity contribution in [3.8, 4) is 0 Å². The van der Waals surface area contributed by atoms with Crippen molar-refractivity contribution in [2.75, 3.05) is 24.5 Å². The van der Waals surface area contributed by atoms with E-state index in [0.717, 1.165) is 37.9 Å². The molecular weight excluding hydrogens is 476 g/mol. The minimum atomic E-state index is -0.165. The molecule has 4 heterocycles. The third kappa shape index (κ3) is 4.77. The molecule has 5 rings (SSSR count). The number of likely N-dealkylation sites (N-methyl/N-ethyl adjacent to an activating group) is 1. The molecule has 8 heteroatoms. The fourth-order valence-corrected chi connectivity index (χ4v) is 6.18. The lowest BCUT2D eigenvalue weighted by Crippen LogP contribution is -2.37. The first-order valence-corrected chi connectivity index (χ1v) is 13.2. The van der Waals surface area contributed by atoms with Crippen molar-refractivity contribution in [1.82, 2.24) is 14.3 Å². The second-order valence-corrected chi connectivity index (χ2v) is 10.8. The number of thioether (sulfide) groups is 1. The van der Waals surface area contributed by atoms with E-state index in [9.17, 15) is 9.59 Å². The van der Waals surface area contributed by atoms with Gasteiger partial charge in [0.15, 0.2) is 0 Å². The third-order valence-electron chi connectivity index (χ3n) is 6.73. The van der Waals surface area contributed by atoms with Crippen molar-refractivity contribution in [2.24, 2.45) is 5.92 Å². The van der Waals surface area contributed by atoms with Crippen LogP contribution in [0.5, 0.6) is 0 Å². The fourth-order valence-electron chi connectivity index (χ4n) is 4.81. The summed E-state index contributed by atoms with van der Waals surface area (Å²) in [6, 6.07) is 14.4. The van der Waals surface area contributed by atoms with Gasteiger partial charge < -0.3 is 4.90 Å². The second-order valence-electron chi connectivity index (χ2n) is 9.14. The summed E-state index contributed by atoms with van der Waals surface area (Å²) in [5.41, 5.74) is 3.23. The van der Waals surface area contributed by atoms with Crippen LogP contribution >= 0.6 is 24.0 Å². The molecule has 2 aliphatic heterocycles. The normalized spacial score (nSPS) is 18.3. The van der Waals surface area contributed by atoms with Gasteiger partial charge in [-0.25, -0.2) is 4.98 Å². The van der Waals surface area contributed by atoms with Crippen LogP contribution < -0.4 is 10.5 Å². The van der Waals surface area contributed by atoms with Gasteiger partial charge in [0.2, 0.25) is 0 Å². The van der Waals surface area contributed by atoms with E-state index in [-0.39, 0.29) is 11.5 Å². The van der Waals surface area contributed by atoms with E-state index in [1.165, 1.54) is 17.3 Å². The molecule has 35 heavy (non-hydrogen) atoms. The highest BCUT2D eigenvalue weighted by Gasteiger charge is 2.32. The van der Waals surface area contributed by atoms with Crippen molar-refractivity contribution < 1.29 is 4.79 Å². The minimum Gasteiger partial charge on any atom is -0.356 e. The van der Waals surface area contributed by atoms with Crippen LogP contribution in [0, 0.1) is 12.8 Å². The Balaban J connectivity index is 1.50. The van der Waals surface area contributed by atoms with Gasteiger partial charge in [-0.1, -0.05) is 60.4 Å². The van der Waals surface area contributed by atoms with Crippen LogP contribution in [0.2, 0.25) is 0 Å². The number of amides is 1. The summed E-state index contributed by atoms with van der Waals surface area (Å²) in [7, 11) is 0. The standard InChI is InChI=1S/C27H28N4O2S2/c1-3-30-26(33)22(35-27(30)34)16-21-24(28-23-10-9-18(2)17-31(23)25(21)32)29-13-11-20(12-14-29)15-19-7-5-4-6-8-19/h4-10,16-17,20H,3,11-15H2,1-2H3/b22-16+. The molecule has 3 aromatic rings. The molecule has 1 amide bonds. The zero-order valence-electron chi connectivity index (χ0n) is 19.9. The Hall–Kier alpha value is -2.97. The van der Waals surface area contributed by atoms with Crippen molar-refractivity contribution in [2.45, 2.75) is 33.1 Å². The monoisotopic (exact) mass is 504 g/mol. The number of aryl methyl sites for hydroxylation is 1. The maximum absolute atomic E-state index is 13.7. The van der Waals surface area contributed by atoms with E-state index in [1.807, 2.05) is 32.0 Å². The van der Waals surface area contributed by atoms with Gasteiger partial charge in [-0.3, -0.25) is 18.9 Å². The van der Waals surface area contributed by atoms with Crippen LogP contribution in [0.15, 0.2) is 58.4 Å². The number of carbonyl (C=O) groups is 1. The van der Waals surface area contributed by atoms with Crippen LogP contribution in [0.3, 0.4) is 0 Å². The zero-order valence-corrected chi connectivity index (χ0v) is 21.6. The molecule has 2 saturated heterocycles. The molecule has 2 aromatic heterocycles. The number of piperidine rings is 1. The number of pyridine rings is 1. The molecule has 0 radical (unpaired) electrons. The van der Waals surface area contributed by atoms with Crippen molar-refractivity contribution >= 4 is 51.7 Å². The lowest BCUT2D eigenvalue weighted by atomic mass is 9.90. The third-order valence-corrected chi connectivity index (χ3v) is 8.11. The summed E-state index contributed by atoms with van der Waals surface area (Å²) in [4.78, 5) is 35.7. The fraction of sp³-hybridized carbons (Fsp3) is 0.333. The number of nitrogens with zero attached hydrogens (tertiary/aromatic N) is 4. The molecule has 0 aliphatic carbocycles. The van der Waals surface area contributed by atoms with Crippen LogP contribution in [0.4, 0.5) is 5.82 Å². The minimum absolute atomic E-state index is 0.149. The predicted octanol–water partition coefficient (Wildman–Crippen LogP) is 4.68. The Bertz CT molecular complexity index is 1380. The maximum atomic E-state index is 13.7. The number of fused-ring (bicyclic) bond motifs is 1. The number of hydrogen-bond acceptors (Lipinski definition) is 6. The number of hydrogen-bond donors (Lipinski definition) is 0. The van der Waals surface area contributed by atoms with Crippen LogP contribution in [-0.2, 0) is 11.2 Å². The van der Waals surface area contributed by atoms with Gasteiger partial charge in [0.1, 0.15) is 15.8 Å². The Kier molecular flexibility index (Phi) is 6.75. The van der Waals surface area contributed by atoms with E-state index in [4.69, 9.17) is 17.2 Å². The number of rotatable bonds is 5. The van der Waals surface area contributed by atoms with E-state index in [1.54, 1.807) is 21.6 Å². The number of benzene rings is 1. The number of thiocarbonyl (C=S) groups is 1. The summed E-state index contributed by atoms with van der Waals surface area (Å²) in [6.07, 6.45) is 6.62. The van der Waals surface area contributed by atoms with Crippen molar-refractivity contribution in [3.05, 3.63) is 80.6 Å². The highest BCUT2D eigenvalue weighted by molar-refractivity contribution is 8.26. The second kappa shape index (κ2) is 9.95. The Morgan fingerprint density at radius 3 is 2.54 bits per heavy atom.